The number of amides is 2. The number of hydrogen-bond donors (Lipinski definition) is 1. The summed E-state index contributed by atoms with van der Waals surface area (Å²) in [6, 6.07) is 16.9. The molecule has 226 valence electrons. The van der Waals surface area contributed by atoms with Crippen molar-refractivity contribution in [1.82, 2.24) is 10.2 Å². The van der Waals surface area contributed by atoms with Gasteiger partial charge in [0, 0.05) is 13.1 Å². The van der Waals surface area contributed by atoms with Gasteiger partial charge in [0.05, 0.1) is 27.2 Å². The van der Waals surface area contributed by atoms with Crippen LogP contribution in [-0.4, -0.2) is 50.9 Å². The van der Waals surface area contributed by atoms with E-state index in [9.17, 15) is 18.0 Å². The number of nitrogens with one attached hydrogen (secondary N) is 1. The predicted molar refractivity (Wildman–Crippen MR) is 168 cm³/mol. The molecule has 0 saturated carbocycles. The second-order valence-electron chi connectivity index (χ2n) is 10.3. The highest BCUT2D eigenvalue weighted by Crippen LogP contribution is 2.27. The monoisotopic (exact) mass is 633 g/mol. The van der Waals surface area contributed by atoms with E-state index in [-0.39, 0.29) is 23.3 Å². The number of anilines is 1. The van der Waals surface area contributed by atoms with E-state index >= 15 is 0 Å². The van der Waals surface area contributed by atoms with Gasteiger partial charge in [0.2, 0.25) is 11.8 Å². The topological polar surface area (TPSA) is 96.0 Å². The van der Waals surface area contributed by atoms with Gasteiger partial charge in [-0.2, -0.15) is 0 Å². The molecule has 0 saturated heterocycles. The first kappa shape index (κ1) is 33.2. The normalized spacial score (nSPS) is 12.1. The Morgan fingerprint density at radius 2 is 1.57 bits per heavy atom. The van der Waals surface area contributed by atoms with Crippen LogP contribution in [0.1, 0.15) is 38.8 Å². The lowest BCUT2D eigenvalue weighted by molar-refractivity contribution is -0.139. The number of ether oxygens (including phenoxy) is 1. The maximum Gasteiger partial charge on any atom is 0.264 e. The van der Waals surface area contributed by atoms with Gasteiger partial charge in [-0.3, -0.25) is 13.9 Å². The van der Waals surface area contributed by atoms with Crippen molar-refractivity contribution in [3.05, 3.63) is 87.9 Å². The Balaban J connectivity index is 2.02. The highest BCUT2D eigenvalue weighted by molar-refractivity contribution is 7.92. The lowest BCUT2D eigenvalue weighted by Crippen LogP contribution is -2.51. The van der Waals surface area contributed by atoms with Crippen molar-refractivity contribution in [2.45, 2.75) is 52.1 Å². The number of benzene rings is 3. The molecule has 0 fully saturated rings. The standard InChI is InChI=1S/C31H37Cl2N3O5S/c1-6-41-26-12-14-27(15-13-26)42(39,40)36(25-10-7-22(4)8-11-25)20-30(37)35(23(5)31(38)34-18-21(2)3)19-24-9-16-28(32)29(33)17-24/h7-17,21,23H,6,18-20H2,1-5H3,(H,34,38)/t23-/m0/s1. The molecule has 0 bridgehead atoms. The number of halogens is 2. The van der Waals surface area contributed by atoms with Crippen LogP contribution in [0.15, 0.2) is 71.6 Å². The van der Waals surface area contributed by atoms with Crippen LogP contribution in [0.25, 0.3) is 0 Å². The zero-order valence-corrected chi connectivity index (χ0v) is 26.8. The minimum atomic E-state index is -4.19. The highest BCUT2D eigenvalue weighted by atomic mass is 35.5. The van der Waals surface area contributed by atoms with Crippen molar-refractivity contribution >= 4 is 50.7 Å². The van der Waals surface area contributed by atoms with Crippen LogP contribution in [-0.2, 0) is 26.2 Å². The van der Waals surface area contributed by atoms with E-state index in [2.05, 4.69) is 5.32 Å². The van der Waals surface area contributed by atoms with Gasteiger partial charge in [-0.15, -0.1) is 0 Å². The molecular weight excluding hydrogens is 597 g/mol. The zero-order chi connectivity index (χ0) is 31.0. The Labute approximate surface area is 258 Å². The fraction of sp³-hybridized carbons (Fsp3) is 0.355. The van der Waals surface area contributed by atoms with E-state index in [1.165, 1.54) is 17.0 Å². The number of rotatable bonds is 13. The second kappa shape index (κ2) is 14.8. The zero-order valence-electron chi connectivity index (χ0n) is 24.4. The Hall–Kier alpha value is -3.27. The summed E-state index contributed by atoms with van der Waals surface area (Å²) >= 11 is 12.3. The van der Waals surface area contributed by atoms with Crippen molar-refractivity contribution in [3.8, 4) is 5.75 Å². The molecule has 0 aromatic heterocycles. The van der Waals surface area contributed by atoms with Gasteiger partial charge >= 0.3 is 0 Å². The highest BCUT2D eigenvalue weighted by Gasteiger charge is 2.32. The predicted octanol–water partition coefficient (Wildman–Crippen LogP) is 6.09. The largest absolute Gasteiger partial charge is 0.494 e. The summed E-state index contributed by atoms with van der Waals surface area (Å²) in [5.41, 5.74) is 1.88. The van der Waals surface area contributed by atoms with Crippen LogP contribution < -0.4 is 14.4 Å². The molecule has 0 radical (unpaired) electrons. The lowest BCUT2D eigenvalue weighted by atomic mass is 10.1. The van der Waals surface area contributed by atoms with E-state index in [0.717, 1.165) is 9.87 Å². The number of hydrogen-bond acceptors (Lipinski definition) is 5. The minimum absolute atomic E-state index is 0.00177. The molecule has 8 nitrogen and oxygen atoms in total. The quantitative estimate of drug-likeness (QED) is 0.246. The van der Waals surface area contributed by atoms with Gasteiger partial charge in [-0.05, 0) is 80.8 Å². The van der Waals surface area contributed by atoms with Crippen molar-refractivity contribution in [2.75, 3.05) is 24.0 Å². The molecule has 1 atom stereocenters. The van der Waals surface area contributed by atoms with Gasteiger partial charge in [-0.1, -0.05) is 60.8 Å². The van der Waals surface area contributed by atoms with Gasteiger partial charge < -0.3 is 15.0 Å². The van der Waals surface area contributed by atoms with Crippen LogP contribution in [0.2, 0.25) is 10.0 Å². The van der Waals surface area contributed by atoms with Crippen LogP contribution >= 0.6 is 23.2 Å². The van der Waals surface area contributed by atoms with Crippen LogP contribution in [0.5, 0.6) is 5.75 Å². The Morgan fingerprint density at radius 1 is 0.929 bits per heavy atom. The molecule has 2 amide bonds. The van der Waals surface area contributed by atoms with Crippen LogP contribution in [0, 0.1) is 12.8 Å². The summed E-state index contributed by atoms with van der Waals surface area (Å²) in [5, 5.41) is 3.52. The van der Waals surface area contributed by atoms with Gasteiger partial charge in [0.25, 0.3) is 10.0 Å². The number of carbonyl (C=O) groups excluding carboxylic acids is 2. The van der Waals surface area contributed by atoms with Crippen molar-refractivity contribution in [1.29, 1.82) is 0 Å². The molecule has 0 spiro atoms. The second-order valence-corrected chi connectivity index (χ2v) is 13.0. The van der Waals surface area contributed by atoms with Gasteiger partial charge in [-0.25, -0.2) is 8.42 Å². The van der Waals surface area contributed by atoms with Gasteiger partial charge in [0.15, 0.2) is 0 Å². The van der Waals surface area contributed by atoms with E-state index in [4.69, 9.17) is 27.9 Å². The molecule has 1 N–H and O–H groups in total. The maximum atomic E-state index is 14.0. The Morgan fingerprint density at radius 3 is 2.14 bits per heavy atom. The smallest absolute Gasteiger partial charge is 0.264 e. The SMILES string of the molecule is CCOc1ccc(S(=O)(=O)N(CC(=O)N(Cc2ccc(Cl)c(Cl)c2)[C@@H](C)C(=O)NCC(C)C)c2ccc(C)cc2)cc1. The van der Waals surface area contributed by atoms with Crippen molar-refractivity contribution in [2.24, 2.45) is 5.92 Å². The van der Waals surface area contributed by atoms with E-state index in [1.807, 2.05) is 27.7 Å². The summed E-state index contributed by atoms with van der Waals surface area (Å²) in [6.07, 6.45) is 0. The third-order valence-electron chi connectivity index (χ3n) is 6.51. The first-order valence-electron chi connectivity index (χ1n) is 13.7. The molecule has 0 heterocycles. The van der Waals surface area contributed by atoms with Crippen molar-refractivity contribution < 1.29 is 22.7 Å². The summed E-state index contributed by atoms with van der Waals surface area (Å²) in [4.78, 5) is 28.5. The average molecular weight is 635 g/mol. The van der Waals surface area contributed by atoms with Crippen LogP contribution in [0.3, 0.4) is 0 Å². The number of sulfonamides is 1. The van der Waals surface area contributed by atoms with E-state index in [0.29, 0.717) is 40.2 Å². The van der Waals surface area contributed by atoms with Gasteiger partial charge in [0.1, 0.15) is 18.3 Å². The molecule has 3 aromatic rings. The lowest BCUT2D eigenvalue weighted by Gasteiger charge is -2.32. The minimum Gasteiger partial charge on any atom is -0.494 e. The molecule has 42 heavy (non-hydrogen) atoms. The maximum absolute atomic E-state index is 14.0. The molecular formula is C31H37Cl2N3O5S. The van der Waals surface area contributed by atoms with E-state index in [1.54, 1.807) is 61.5 Å². The average Bonchev–Trinajstić information content (AvgIpc) is 2.95. The summed E-state index contributed by atoms with van der Waals surface area (Å²) in [6.45, 7) is 9.61. The number of carbonyl (C=O) groups is 2. The Kier molecular flexibility index (Phi) is 11.7. The van der Waals surface area contributed by atoms with Crippen LogP contribution in [0.4, 0.5) is 5.69 Å². The number of aryl methyl sites for hydroxylation is 1. The van der Waals surface area contributed by atoms with E-state index < -0.39 is 28.5 Å². The summed E-state index contributed by atoms with van der Waals surface area (Å²) in [7, 11) is -4.19. The fourth-order valence-electron chi connectivity index (χ4n) is 4.11. The molecule has 0 aliphatic rings. The summed E-state index contributed by atoms with van der Waals surface area (Å²) < 4.78 is 34.5. The molecule has 3 aromatic carbocycles. The Bertz CT molecular complexity index is 1480. The fourth-order valence-corrected chi connectivity index (χ4v) is 5.85. The molecule has 0 aliphatic heterocycles. The molecule has 0 aliphatic carbocycles. The first-order valence-corrected chi connectivity index (χ1v) is 15.9. The van der Waals surface area contributed by atoms with Crippen molar-refractivity contribution in [3.63, 3.8) is 0 Å². The molecule has 11 heteroatoms. The number of nitrogens with zero attached hydrogens (tertiary/aromatic N) is 2. The summed E-state index contributed by atoms with van der Waals surface area (Å²) in [5.74, 6) is -0.183. The molecule has 0 unspecified atom stereocenters. The third kappa shape index (κ3) is 8.63. The molecule has 3 rings (SSSR count). The third-order valence-corrected chi connectivity index (χ3v) is 9.04. The first-order chi connectivity index (χ1) is 19.8.